The third-order valence-electron chi connectivity index (χ3n) is 3.63. The third-order valence-corrected chi connectivity index (χ3v) is 3.63. The van der Waals surface area contributed by atoms with Crippen molar-refractivity contribution in [1.82, 2.24) is 10.6 Å². The van der Waals surface area contributed by atoms with E-state index in [2.05, 4.69) is 15.6 Å². The summed E-state index contributed by atoms with van der Waals surface area (Å²) in [6, 6.07) is 8.02. The third kappa shape index (κ3) is 7.37. The Balaban J connectivity index is 0.00000364. The second-order valence-corrected chi connectivity index (χ2v) is 5.64. The maximum absolute atomic E-state index is 13.7. The second kappa shape index (κ2) is 11.8. The van der Waals surface area contributed by atoms with Gasteiger partial charge in [0.2, 0.25) is 0 Å². The molecule has 0 heterocycles. The molecule has 0 spiro atoms. The standard InChI is InChI=1S/C19H22F3N3O.HI/c1-3-23-19(25-11-14-9-16(20)5-7-17(14)21)24-10-13-4-6-18(22)15(8-13)12-26-2;/h4-9H,3,10-12H2,1-2H3,(H2,23,24,25);1H. The van der Waals surface area contributed by atoms with Crippen molar-refractivity contribution in [3.8, 4) is 0 Å². The lowest BCUT2D eigenvalue weighted by Crippen LogP contribution is -2.37. The molecule has 2 N–H and O–H groups in total. The maximum Gasteiger partial charge on any atom is 0.191 e. The van der Waals surface area contributed by atoms with E-state index in [1.54, 1.807) is 12.1 Å². The molecule has 0 amide bonds. The molecule has 0 aliphatic heterocycles. The molecule has 0 radical (unpaired) electrons. The molecule has 0 saturated carbocycles. The summed E-state index contributed by atoms with van der Waals surface area (Å²) < 4.78 is 45.6. The SMILES string of the molecule is CCNC(=NCc1ccc(F)c(COC)c1)NCc1cc(F)ccc1F.I. The predicted molar refractivity (Wildman–Crippen MR) is 111 cm³/mol. The number of benzene rings is 2. The molecule has 2 rings (SSSR count). The monoisotopic (exact) mass is 493 g/mol. The smallest absolute Gasteiger partial charge is 0.191 e. The number of rotatable bonds is 7. The zero-order chi connectivity index (χ0) is 18.9. The summed E-state index contributed by atoms with van der Waals surface area (Å²) in [6.45, 7) is 3.08. The Bertz CT molecular complexity index is 772. The molecule has 8 heteroatoms. The lowest BCUT2D eigenvalue weighted by atomic mass is 10.1. The first-order valence-corrected chi connectivity index (χ1v) is 8.25. The topological polar surface area (TPSA) is 45.7 Å². The first kappa shape index (κ1) is 23.2. The highest BCUT2D eigenvalue weighted by Gasteiger charge is 2.06. The Kier molecular flexibility index (Phi) is 10.2. The van der Waals surface area contributed by atoms with E-state index in [0.29, 0.717) is 24.6 Å². The molecule has 148 valence electrons. The molecule has 0 fully saturated rings. The van der Waals surface area contributed by atoms with E-state index >= 15 is 0 Å². The molecule has 0 saturated heterocycles. The molecular weight excluding hydrogens is 470 g/mol. The molecule has 0 aliphatic rings. The highest BCUT2D eigenvalue weighted by molar-refractivity contribution is 14.0. The molecular formula is C19H23F3IN3O. The van der Waals surface area contributed by atoms with Gasteiger partial charge in [-0.05, 0) is 42.8 Å². The Morgan fingerprint density at radius 1 is 1.00 bits per heavy atom. The Labute approximate surface area is 174 Å². The van der Waals surface area contributed by atoms with E-state index < -0.39 is 11.6 Å². The average molecular weight is 493 g/mol. The molecule has 0 aromatic heterocycles. The fourth-order valence-electron chi connectivity index (χ4n) is 2.36. The normalized spacial score (nSPS) is 11.1. The summed E-state index contributed by atoms with van der Waals surface area (Å²) in [7, 11) is 1.50. The van der Waals surface area contributed by atoms with Crippen molar-refractivity contribution in [2.24, 2.45) is 4.99 Å². The molecule has 0 aliphatic carbocycles. The van der Waals surface area contributed by atoms with Gasteiger partial charge in [0.1, 0.15) is 17.5 Å². The minimum absolute atomic E-state index is 0. The minimum atomic E-state index is -0.498. The van der Waals surface area contributed by atoms with Gasteiger partial charge >= 0.3 is 0 Å². The van der Waals surface area contributed by atoms with Gasteiger partial charge in [0.15, 0.2) is 5.96 Å². The number of methoxy groups -OCH3 is 1. The van der Waals surface area contributed by atoms with Gasteiger partial charge in [-0.2, -0.15) is 0 Å². The Morgan fingerprint density at radius 3 is 2.41 bits per heavy atom. The van der Waals surface area contributed by atoms with Crippen LogP contribution in [0.2, 0.25) is 0 Å². The molecule has 0 unspecified atom stereocenters. The van der Waals surface area contributed by atoms with Gasteiger partial charge in [0.25, 0.3) is 0 Å². The van der Waals surface area contributed by atoms with Gasteiger partial charge < -0.3 is 15.4 Å². The number of guanidine groups is 1. The maximum atomic E-state index is 13.7. The van der Waals surface area contributed by atoms with E-state index in [0.717, 1.165) is 23.8 Å². The highest BCUT2D eigenvalue weighted by Crippen LogP contribution is 2.13. The fraction of sp³-hybridized carbons (Fsp3) is 0.316. The van der Waals surface area contributed by atoms with Crippen LogP contribution in [0.5, 0.6) is 0 Å². The second-order valence-electron chi connectivity index (χ2n) is 5.64. The summed E-state index contributed by atoms with van der Waals surface area (Å²) in [6.07, 6.45) is 0. The van der Waals surface area contributed by atoms with Gasteiger partial charge in [-0.15, -0.1) is 24.0 Å². The van der Waals surface area contributed by atoms with Crippen molar-refractivity contribution in [3.63, 3.8) is 0 Å². The van der Waals surface area contributed by atoms with Crippen LogP contribution in [0.4, 0.5) is 13.2 Å². The van der Waals surface area contributed by atoms with E-state index in [9.17, 15) is 13.2 Å². The number of halogens is 4. The van der Waals surface area contributed by atoms with Crippen molar-refractivity contribution in [3.05, 3.63) is 70.5 Å². The van der Waals surface area contributed by atoms with Crippen LogP contribution < -0.4 is 10.6 Å². The van der Waals surface area contributed by atoms with E-state index in [-0.39, 0.29) is 48.5 Å². The van der Waals surface area contributed by atoms with Crippen molar-refractivity contribution in [2.45, 2.75) is 26.6 Å². The number of nitrogens with one attached hydrogen (secondary N) is 2. The van der Waals surface area contributed by atoms with Gasteiger partial charge in [0, 0.05) is 31.3 Å². The quantitative estimate of drug-likeness (QED) is 0.347. The summed E-state index contributed by atoms with van der Waals surface area (Å²) in [5, 5.41) is 5.99. The molecule has 2 aromatic rings. The van der Waals surface area contributed by atoms with Crippen LogP contribution in [-0.2, 0) is 24.4 Å². The van der Waals surface area contributed by atoms with Crippen LogP contribution >= 0.6 is 24.0 Å². The van der Waals surface area contributed by atoms with Crippen LogP contribution in [0.15, 0.2) is 41.4 Å². The lowest BCUT2D eigenvalue weighted by molar-refractivity contribution is 0.181. The fourth-order valence-corrected chi connectivity index (χ4v) is 2.36. The van der Waals surface area contributed by atoms with Gasteiger partial charge in [-0.25, -0.2) is 18.2 Å². The average Bonchev–Trinajstić information content (AvgIpc) is 2.62. The number of ether oxygens (including phenoxy) is 1. The van der Waals surface area contributed by atoms with Crippen LogP contribution in [0.3, 0.4) is 0 Å². The largest absolute Gasteiger partial charge is 0.380 e. The summed E-state index contributed by atoms with van der Waals surface area (Å²) in [5.74, 6) is -0.861. The minimum Gasteiger partial charge on any atom is -0.380 e. The number of aliphatic imine (C=N–C) groups is 1. The highest BCUT2D eigenvalue weighted by atomic mass is 127. The van der Waals surface area contributed by atoms with Crippen LogP contribution in [0, 0.1) is 17.5 Å². The van der Waals surface area contributed by atoms with Crippen LogP contribution in [0.25, 0.3) is 0 Å². The molecule has 0 atom stereocenters. The van der Waals surface area contributed by atoms with Gasteiger partial charge in [-0.3, -0.25) is 0 Å². The van der Waals surface area contributed by atoms with Crippen molar-refractivity contribution < 1.29 is 17.9 Å². The first-order valence-electron chi connectivity index (χ1n) is 8.25. The molecule has 0 bridgehead atoms. The molecule has 4 nitrogen and oxygen atoms in total. The van der Waals surface area contributed by atoms with Gasteiger partial charge in [0.05, 0.1) is 13.2 Å². The number of nitrogens with zero attached hydrogens (tertiary/aromatic N) is 1. The van der Waals surface area contributed by atoms with Crippen molar-refractivity contribution >= 4 is 29.9 Å². The summed E-state index contributed by atoms with van der Waals surface area (Å²) in [5.41, 5.74) is 1.48. The predicted octanol–water partition coefficient (Wildman–Crippen LogP) is 4.12. The van der Waals surface area contributed by atoms with E-state index in [1.807, 2.05) is 6.92 Å². The van der Waals surface area contributed by atoms with Crippen LogP contribution in [0.1, 0.15) is 23.6 Å². The zero-order valence-electron chi connectivity index (χ0n) is 15.2. The van der Waals surface area contributed by atoms with Crippen molar-refractivity contribution in [2.75, 3.05) is 13.7 Å². The van der Waals surface area contributed by atoms with Gasteiger partial charge in [-0.1, -0.05) is 6.07 Å². The van der Waals surface area contributed by atoms with E-state index in [1.165, 1.54) is 13.2 Å². The molecule has 27 heavy (non-hydrogen) atoms. The molecule has 2 aromatic carbocycles. The Hall–Kier alpha value is -1.81. The zero-order valence-corrected chi connectivity index (χ0v) is 17.5. The van der Waals surface area contributed by atoms with Crippen LogP contribution in [-0.4, -0.2) is 19.6 Å². The number of hydrogen-bond acceptors (Lipinski definition) is 2. The van der Waals surface area contributed by atoms with E-state index in [4.69, 9.17) is 4.74 Å². The first-order chi connectivity index (χ1) is 12.5. The lowest BCUT2D eigenvalue weighted by Gasteiger charge is -2.12. The number of hydrogen-bond donors (Lipinski definition) is 2. The summed E-state index contributed by atoms with van der Waals surface area (Å²) in [4.78, 5) is 4.40. The Morgan fingerprint density at radius 2 is 1.70 bits per heavy atom. The van der Waals surface area contributed by atoms with Crippen molar-refractivity contribution in [1.29, 1.82) is 0 Å². The summed E-state index contributed by atoms with van der Waals surface area (Å²) >= 11 is 0.